The topological polar surface area (TPSA) is 50.7 Å². The van der Waals surface area contributed by atoms with Crippen molar-refractivity contribution >= 4 is 22.9 Å². The number of hydrogen-bond acceptors (Lipinski definition) is 3. The van der Waals surface area contributed by atoms with Gasteiger partial charge in [0.1, 0.15) is 5.75 Å². The SMILES string of the molecule is Cc1ccc(OC(C)C(=O)N/N=C/c2cccc3ccccc23)cc1C. The second-order valence-corrected chi connectivity index (χ2v) is 6.31. The van der Waals surface area contributed by atoms with Gasteiger partial charge in [0, 0.05) is 5.56 Å². The summed E-state index contributed by atoms with van der Waals surface area (Å²) >= 11 is 0. The average molecular weight is 346 g/mol. The molecule has 3 aromatic carbocycles. The summed E-state index contributed by atoms with van der Waals surface area (Å²) in [7, 11) is 0. The molecule has 0 aliphatic carbocycles. The first-order valence-electron chi connectivity index (χ1n) is 8.59. The Balaban J connectivity index is 1.64. The molecule has 0 saturated carbocycles. The monoisotopic (exact) mass is 346 g/mol. The maximum atomic E-state index is 12.2. The zero-order valence-electron chi connectivity index (χ0n) is 15.2. The summed E-state index contributed by atoms with van der Waals surface area (Å²) < 4.78 is 5.70. The van der Waals surface area contributed by atoms with Gasteiger partial charge in [-0.25, -0.2) is 5.43 Å². The number of ether oxygens (including phenoxy) is 1. The average Bonchev–Trinajstić information content (AvgIpc) is 2.65. The lowest BCUT2D eigenvalue weighted by atomic mass is 10.1. The molecule has 1 amide bonds. The van der Waals surface area contributed by atoms with Gasteiger partial charge in [-0.3, -0.25) is 4.79 Å². The van der Waals surface area contributed by atoms with Gasteiger partial charge in [0.2, 0.25) is 0 Å². The van der Waals surface area contributed by atoms with Crippen LogP contribution >= 0.6 is 0 Å². The van der Waals surface area contributed by atoms with Gasteiger partial charge in [-0.05, 0) is 54.8 Å². The molecule has 0 bridgehead atoms. The molecule has 1 unspecified atom stereocenters. The Morgan fingerprint density at radius 1 is 1.04 bits per heavy atom. The molecule has 0 heterocycles. The van der Waals surface area contributed by atoms with Crippen molar-refractivity contribution in [2.75, 3.05) is 0 Å². The Kier molecular flexibility index (Phi) is 5.32. The van der Waals surface area contributed by atoms with Crippen molar-refractivity contribution in [2.24, 2.45) is 5.10 Å². The number of carbonyl (C=O) groups excluding carboxylic acids is 1. The van der Waals surface area contributed by atoms with Crippen LogP contribution in [0.4, 0.5) is 0 Å². The predicted octanol–water partition coefficient (Wildman–Crippen LogP) is 4.37. The van der Waals surface area contributed by atoms with E-state index in [9.17, 15) is 4.79 Å². The van der Waals surface area contributed by atoms with Crippen molar-refractivity contribution in [3.63, 3.8) is 0 Å². The number of hydrazone groups is 1. The van der Waals surface area contributed by atoms with Crippen molar-refractivity contribution in [3.05, 3.63) is 77.4 Å². The zero-order valence-corrected chi connectivity index (χ0v) is 15.2. The molecule has 0 saturated heterocycles. The zero-order chi connectivity index (χ0) is 18.5. The highest BCUT2D eigenvalue weighted by Crippen LogP contribution is 2.18. The lowest BCUT2D eigenvalue weighted by Crippen LogP contribution is -2.33. The Hall–Kier alpha value is -3.14. The highest BCUT2D eigenvalue weighted by molar-refractivity contribution is 6.00. The lowest BCUT2D eigenvalue weighted by molar-refractivity contribution is -0.127. The highest BCUT2D eigenvalue weighted by Gasteiger charge is 2.14. The minimum Gasteiger partial charge on any atom is -0.481 e. The predicted molar refractivity (Wildman–Crippen MR) is 106 cm³/mol. The second kappa shape index (κ2) is 7.83. The van der Waals surface area contributed by atoms with Gasteiger partial charge < -0.3 is 4.74 Å². The maximum Gasteiger partial charge on any atom is 0.280 e. The Labute approximate surface area is 153 Å². The van der Waals surface area contributed by atoms with Crippen LogP contribution in [0.2, 0.25) is 0 Å². The molecule has 0 aromatic heterocycles. The Bertz CT molecular complexity index is 958. The molecular weight excluding hydrogens is 324 g/mol. The van der Waals surface area contributed by atoms with E-state index < -0.39 is 6.10 Å². The van der Waals surface area contributed by atoms with Gasteiger partial charge in [0.25, 0.3) is 5.91 Å². The number of nitrogens with zero attached hydrogens (tertiary/aromatic N) is 1. The standard InChI is InChI=1S/C22H22N2O2/c1-15-11-12-20(13-16(15)2)26-17(3)22(25)24-23-14-19-9-6-8-18-7-4-5-10-21(18)19/h4-14,17H,1-3H3,(H,24,25)/b23-14+. The van der Waals surface area contributed by atoms with E-state index in [0.29, 0.717) is 5.75 Å². The van der Waals surface area contributed by atoms with Gasteiger partial charge in [0.15, 0.2) is 6.10 Å². The fourth-order valence-electron chi connectivity index (χ4n) is 2.66. The van der Waals surface area contributed by atoms with E-state index in [1.165, 1.54) is 5.56 Å². The second-order valence-electron chi connectivity index (χ2n) is 6.31. The molecule has 3 rings (SSSR count). The molecule has 1 atom stereocenters. The van der Waals surface area contributed by atoms with Crippen LogP contribution in [0.15, 0.2) is 65.8 Å². The fraction of sp³-hybridized carbons (Fsp3) is 0.182. The summed E-state index contributed by atoms with van der Waals surface area (Å²) in [4.78, 5) is 12.2. The van der Waals surface area contributed by atoms with Crippen LogP contribution in [0.3, 0.4) is 0 Å². The highest BCUT2D eigenvalue weighted by atomic mass is 16.5. The largest absolute Gasteiger partial charge is 0.481 e. The van der Waals surface area contributed by atoms with Crippen LogP contribution in [-0.4, -0.2) is 18.2 Å². The summed E-state index contributed by atoms with van der Waals surface area (Å²) in [5.74, 6) is 0.383. The molecule has 4 heteroatoms. The van der Waals surface area contributed by atoms with Gasteiger partial charge >= 0.3 is 0 Å². The third kappa shape index (κ3) is 4.09. The number of aryl methyl sites for hydroxylation is 2. The Morgan fingerprint density at radius 2 is 1.81 bits per heavy atom. The normalized spacial score (nSPS) is 12.3. The quantitative estimate of drug-likeness (QED) is 0.551. The molecule has 3 aromatic rings. The number of rotatable bonds is 5. The molecule has 132 valence electrons. The molecule has 1 N–H and O–H groups in total. The minimum atomic E-state index is -0.637. The summed E-state index contributed by atoms with van der Waals surface area (Å²) in [5, 5.41) is 6.31. The van der Waals surface area contributed by atoms with Crippen LogP contribution in [0.1, 0.15) is 23.6 Å². The van der Waals surface area contributed by atoms with Gasteiger partial charge in [-0.1, -0.05) is 48.5 Å². The van der Waals surface area contributed by atoms with Crippen molar-refractivity contribution < 1.29 is 9.53 Å². The molecule has 0 radical (unpaired) electrons. The molecule has 0 aliphatic rings. The van der Waals surface area contributed by atoms with E-state index in [1.807, 2.05) is 74.5 Å². The first-order chi connectivity index (χ1) is 12.5. The van der Waals surface area contributed by atoms with E-state index in [1.54, 1.807) is 13.1 Å². The smallest absolute Gasteiger partial charge is 0.280 e. The summed E-state index contributed by atoms with van der Waals surface area (Å²) in [5.41, 5.74) is 5.82. The van der Waals surface area contributed by atoms with E-state index in [-0.39, 0.29) is 5.91 Å². The third-order valence-corrected chi connectivity index (χ3v) is 4.36. The van der Waals surface area contributed by atoms with E-state index in [2.05, 4.69) is 10.5 Å². The summed E-state index contributed by atoms with van der Waals surface area (Å²) in [6.07, 6.45) is 1.02. The molecule has 26 heavy (non-hydrogen) atoms. The first kappa shape index (κ1) is 17.7. The molecule has 4 nitrogen and oxygen atoms in total. The number of benzene rings is 3. The van der Waals surface area contributed by atoms with Crippen LogP contribution in [0.25, 0.3) is 10.8 Å². The van der Waals surface area contributed by atoms with E-state index in [0.717, 1.165) is 21.9 Å². The number of fused-ring (bicyclic) bond motifs is 1. The number of nitrogens with one attached hydrogen (secondary N) is 1. The van der Waals surface area contributed by atoms with Crippen LogP contribution in [-0.2, 0) is 4.79 Å². The molecule has 0 fully saturated rings. The van der Waals surface area contributed by atoms with Crippen molar-refractivity contribution in [1.29, 1.82) is 0 Å². The number of carbonyl (C=O) groups is 1. The summed E-state index contributed by atoms with van der Waals surface area (Å²) in [6, 6.07) is 19.8. The maximum absolute atomic E-state index is 12.2. The van der Waals surface area contributed by atoms with Crippen molar-refractivity contribution in [3.8, 4) is 5.75 Å². The van der Waals surface area contributed by atoms with Gasteiger partial charge in [-0.2, -0.15) is 5.10 Å². The summed E-state index contributed by atoms with van der Waals surface area (Å²) in [6.45, 7) is 5.76. The first-order valence-corrected chi connectivity index (χ1v) is 8.59. The lowest BCUT2D eigenvalue weighted by Gasteiger charge is -2.14. The number of hydrogen-bond donors (Lipinski definition) is 1. The fourth-order valence-corrected chi connectivity index (χ4v) is 2.66. The molecule has 0 aliphatic heterocycles. The van der Waals surface area contributed by atoms with Gasteiger partial charge in [-0.15, -0.1) is 0 Å². The molecular formula is C22H22N2O2. The Morgan fingerprint density at radius 3 is 2.62 bits per heavy atom. The van der Waals surface area contributed by atoms with Gasteiger partial charge in [0.05, 0.1) is 6.21 Å². The van der Waals surface area contributed by atoms with Crippen LogP contribution < -0.4 is 10.2 Å². The van der Waals surface area contributed by atoms with Crippen molar-refractivity contribution in [2.45, 2.75) is 26.9 Å². The van der Waals surface area contributed by atoms with E-state index in [4.69, 9.17) is 4.74 Å². The number of amides is 1. The van der Waals surface area contributed by atoms with E-state index >= 15 is 0 Å². The minimum absolute atomic E-state index is 0.292. The third-order valence-electron chi connectivity index (χ3n) is 4.36. The molecule has 0 spiro atoms. The van der Waals surface area contributed by atoms with Crippen LogP contribution in [0.5, 0.6) is 5.75 Å². The van der Waals surface area contributed by atoms with Crippen LogP contribution in [0, 0.1) is 13.8 Å². The van der Waals surface area contributed by atoms with Crippen molar-refractivity contribution in [1.82, 2.24) is 5.43 Å².